The van der Waals surface area contributed by atoms with Crippen LogP contribution in [0.15, 0.2) is 6.20 Å². The van der Waals surface area contributed by atoms with Crippen LogP contribution in [-0.4, -0.2) is 40.4 Å². The summed E-state index contributed by atoms with van der Waals surface area (Å²) in [7, 11) is 0. The third kappa shape index (κ3) is 3.07. The van der Waals surface area contributed by atoms with Crippen molar-refractivity contribution in [2.75, 3.05) is 23.3 Å². The number of aromatic nitrogens is 2. The van der Waals surface area contributed by atoms with E-state index in [1.165, 1.54) is 6.20 Å². The number of piperazine rings is 1. The molecule has 2 rings (SSSR count). The van der Waals surface area contributed by atoms with Gasteiger partial charge in [-0.3, -0.25) is 14.9 Å². The van der Waals surface area contributed by atoms with Crippen LogP contribution in [0.25, 0.3) is 0 Å². The maximum atomic E-state index is 12.0. The highest BCUT2D eigenvalue weighted by Crippen LogP contribution is 2.31. The van der Waals surface area contributed by atoms with Crippen LogP contribution in [0.2, 0.25) is 5.02 Å². The summed E-state index contributed by atoms with van der Waals surface area (Å²) in [5.74, 6) is 0.0394. The number of rotatable bonds is 4. The summed E-state index contributed by atoms with van der Waals surface area (Å²) < 4.78 is 0. The number of amides is 2. The molecule has 2 amide bonds. The number of hydrogen-bond donors (Lipinski definition) is 2. The van der Waals surface area contributed by atoms with Crippen molar-refractivity contribution < 1.29 is 9.59 Å². The molecule has 0 aliphatic carbocycles. The highest BCUT2D eigenvalue weighted by molar-refractivity contribution is 6.33. The van der Waals surface area contributed by atoms with Gasteiger partial charge in [-0.05, 0) is 20.3 Å². The molecular formula is C13H18ClN5O2. The summed E-state index contributed by atoms with van der Waals surface area (Å²) in [5.41, 5.74) is -0.923. The zero-order valence-electron chi connectivity index (χ0n) is 12.2. The van der Waals surface area contributed by atoms with Crippen molar-refractivity contribution in [1.82, 2.24) is 15.3 Å². The Morgan fingerprint density at radius 2 is 2.19 bits per heavy atom. The largest absolute Gasteiger partial charge is 0.354 e. The Balaban J connectivity index is 2.38. The molecule has 1 saturated heterocycles. The summed E-state index contributed by atoms with van der Waals surface area (Å²) in [6, 6.07) is 0. The fraction of sp³-hybridized carbons (Fsp3) is 0.538. The number of anilines is 2. The molecule has 2 heterocycles. The molecule has 0 unspecified atom stereocenters. The van der Waals surface area contributed by atoms with E-state index in [1.54, 1.807) is 18.7 Å². The minimum Gasteiger partial charge on any atom is -0.354 e. The van der Waals surface area contributed by atoms with Gasteiger partial charge in [0.1, 0.15) is 10.6 Å². The van der Waals surface area contributed by atoms with Crippen LogP contribution in [0.3, 0.4) is 0 Å². The maximum absolute atomic E-state index is 12.0. The minimum absolute atomic E-state index is 0.0166. The summed E-state index contributed by atoms with van der Waals surface area (Å²) in [4.78, 5) is 33.7. The summed E-state index contributed by atoms with van der Waals surface area (Å²) in [6.07, 6.45) is 2.40. The Morgan fingerprint density at radius 1 is 1.48 bits per heavy atom. The molecule has 1 aromatic rings. The first-order valence-corrected chi connectivity index (χ1v) is 7.12. The van der Waals surface area contributed by atoms with E-state index >= 15 is 0 Å². The Hall–Kier alpha value is -1.89. The number of nitrogens with zero attached hydrogens (tertiary/aromatic N) is 3. The van der Waals surface area contributed by atoms with Crippen LogP contribution in [0, 0.1) is 0 Å². The van der Waals surface area contributed by atoms with E-state index in [4.69, 9.17) is 11.6 Å². The molecule has 2 N–H and O–H groups in total. The molecule has 0 atom stereocenters. The molecule has 0 aromatic carbocycles. The molecule has 1 aromatic heterocycles. The van der Waals surface area contributed by atoms with Crippen molar-refractivity contribution in [3.8, 4) is 0 Å². The van der Waals surface area contributed by atoms with Gasteiger partial charge in [0.05, 0.1) is 12.7 Å². The highest BCUT2D eigenvalue weighted by Gasteiger charge is 2.42. The monoisotopic (exact) mass is 311 g/mol. The van der Waals surface area contributed by atoms with Crippen molar-refractivity contribution in [3.05, 3.63) is 11.2 Å². The zero-order chi connectivity index (χ0) is 15.6. The number of imide groups is 1. The lowest BCUT2D eigenvalue weighted by Crippen LogP contribution is -2.64. The first-order valence-electron chi connectivity index (χ1n) is 6.74. The molecule has 8 heteroatoms. The van der Waals surface area contributed by atoms with Crippen LogP contribution in [0.5, 0.6) is 0 Å². The molecule has 1 fully saturated rings. The minimum atomic E-state index is -0.923. The van der Waals surface area contributed by atoms with Crippen LogP contribution in [0.1, 0.15) is 27.2 Å². The lowest BCUT2D eigenvalue weighted by Gasteiger charge is -2.41. The van der Waals surface area contributed by atoms with Crippen LogP contribution < -0.4 is 15.5 Å². The number of hydrogen-bond acceptors (Lipinski definition) is 6. The smallest absolute Gasteiger partial charge is 0.251 e. The number of halogens is 1. The molecule has 21 heavy (non-hydrogen) atoms. The van der Waals surface area contributed by atoms with E-state index in [0.717, 1.165) is 13.0 Å². The van der Waals surface area contributed by atoms with Gasteiger partial charge in [0.2, 0.25) is 11.9 Å². The molecule has 0 radical (unpaired) electrons. The Morgan fingerprint density at radius 3 is 2.86 bits per heavy atom. The average Bonchev–Trinajstić information content (AvgIpc) is 2.42. The lowest BCUT2D eigenvalue weighted by molar-refractivity contribution is -0.135. The van der Waals surface area contributed by atoms with E-state index in [0.29, 0.717) is 16.8 Å². The lowest BCUT2D eigenvalue weighted by atomic mass is 9.99. The first kappa shape index (κ1) is 15.5. The molecule has 1 aliphatic heterocycles. The molecular weight excluding hydrogens is 294 g/mol. The van der Waals surface area contributed by atoms with Gasteiger partial charge in [0, 0.05) is 6.54 Å². The molecule has 7 nitrogen and oxygen atoms in total. The number of carbonyl (C=O) groups is 2. The Labute approximate surface area is 128 Å². The van der Waals surface area contributed by atoms with Crippen LogP contribution in [0.4, 0.5) is 11.8 Å². The second kappa shape index (κ2) is 5.85. The summed E-state index contributed by atoms with van der Waals surface area (Å²) in [5, 5.41) is 5.67. The van der Waals surface area contributed by atoms with Crippen LogP contribution >= 0.6 is 11.6 Å². The fourth-order valence-electron chi connectivity index (χ4n) is 1.99. The third-order valence-corrected chi connectivity index (χ3v) is 3.57. The predicted molar refractivity (Wildman–Crippen MR) is 80.4 cm³/mol. The SMILES string of the molecule is CCCNc1ncc(Cl)c(N2CC(=O)NC(=O)C2(C)C)n1. The van der Waals surface area contributed by atoms with Gasteiger partial charge in [0.25, 0.3) is 5.91 Å². The predicted octanol–water partition coefficient (Wildman–Crippen LogP) is 1.19. The van der Waals surface area contributed by atoms with E-state index in [-0.39, 0.29) is 18.4 Å². The maximum Gasteiger partial charge on any atom is 0.251 e. The first-order chi connectivity index (χ1) is 9.86. The van der Waals surface area contributed by atoms with Gasteiger partial charge in [0.15, 0.2) is 5.82 Å². The molecule has 0 saturated carbocycles. The van der Waals surface area contributed by atoms with E-state index in [9.17, 15) is 9.59 Å². The Bertz CT molecular complexity index is 576. The van der Waals surface area contributed by atoms with Crippen LogP contribution in [-0.2, 0) is 9.59 Å². The summed E-state index contributed by atoms with van der Waals surface area (Å²) >= 11 is 6.15. The molecule has 1 aliphatic rings. The number of carbonyl (C=O) groups excluding carboxylic acids is 2. The zero-order valence-corrected chi connectivity index (χ0v) is 13.0. The fourth-order valence-corrected chi connectivity index (χ4v) is 2.19. The van der Waals surface area contributed by atoms with E-state index in [2.05, 4.69) is 20.6 Å². The molecule has 114 valence electrons. The molecule has 0 bridgehead atoms. The van der Waals surface area contributed by atoms with Crippen molar-refractivity contribution in [1.29, 1.82) is 0 Å². The topological polar surface area (TPSA) is 87.2 Å². The van der Waals surface area contributed by atoms with Crippen molar-refractivity contribution in [3.63, 3.8) is 0 Å². The third-order valence-electron chi connectivity index (χ3n) is 3.30. The second-order valence-electron chi connectivity index (χ2n) is 5.31. The van der Waals surface area contributed by atoms with Gasteiger partial charge >= 0.3 is 0 Å². The van der Waals surface area contributed by atoms with E-state index < -0.39 is 5.54 Å². The van der Waals surface area contributed by atoms with Crippen molar-refractivity contribution >= 4 is 35.2 Å². The summed E-state index contributed by atoms with van der Waals surface area (Å²) in [6.45, 7) is 6.20. The average molecular weight is 312 g/mol. The standard InChI is InChI=1S/C13H18ClN5O2/c1-4-5-15-12-16-6-8(14)10(18-12)19-7-9(20)17-11(21)13(19,2)3/h6H,4-5,7H2,1-3H3,(H,15,16,18)(H,17,20,21). The van der Waals surface area contributed by atoms with Crippen molar-refractivity contribution in [2.24, 2.45) is 0 Å². The highest BCUT2D eigenvalue weighted by atomic mass is 35.5. The van der Waals surface area contributed by atoms with Gasteiger partial charge in [-0.1, -0.05) is 18.5 Å². The number of nitrogens with one attached hydrogen (secondary N) is 2. The van der Waals surface area contributed by atoms with E-state index in [1.807, 2.05) is 6.92 Å². The van der Waals surface area contributed by atoms with Gasteiger partial charge < -0.3 is 10.2 Å². The second-order valence-corrected chi connectivity index (χ2v) is 5.72. The Kier molecular flexibility index (Phi) is 4.32. The van der Waals surface area contributed by atoms with Crippen molar-refractivity contribution in [2.45, 2.75) is 32.7 Å². The normalized spacial score (nSPS) is 17.6. The molecule has 0 spiro atoms. The quantitative estimate of drug-likeness (QED) is 0.812. The van der Waals surface area contributed by atoms with Gasteiger partial charge in [-0.25, -0.2) is 4.98 Å². The van der Waals surface area contributed by atoms with Gasteiger partial charge in [-0.15, -0.1) is 0 Å². The van der Waals surface area contributed by atoms with Gasteiger partial charge in [-0.2, -0.15) is 4.98 Å².